The van der Waals surface area contributed by atoms with Crippen molar-refractivity contribution in [1.29, 1.82) is 0 Å². The van der Waals surface area contributed by atoms with Gasteiger partial charge in [0.1, 0.15) is 5.70 Å². The lowest BCUT2D eigenvalue weighted by atomic mass is 10.0. The molecule has 4 heteroatoms. The van der Waals surface area contributed by atoms with Gasteiger partial charge in [-0.1, -0.05) is 24.3 Å². The molecule has 0 amide bonds. The summed E-state index contributed by atoms with van der Waals surface area (Å²) < 4.78 is 0. The fourth-order valence-corrected chi connectivity index (χ4v) is 2.09. The van der Waals surface area contributed by atoms with Crippen molar-refractivity contribution in [2.45, 2.75) is 0 Å². The minimum absolute atomic E-state index is 0.0156. The number of ketones is 2. The first kappa shape index (κ1) is 10.7. The lowest BCUT2D eigenvalue weighted by Gasteiger charge is -2.13. The number of para-hydroxylation sites is 1. The molecule has 0 saturated heterocycles. The Morgan fingerprint density at radius 2 is 1.72 bits per heavy atom. The molecule has 3 rings (SSSR count). The van der Waals surface area contributed by atoms with Crippen molar-refractivity contribution < 1.29 is 14.8 Å². The van der Waals surface area contributed by atoms with Crippen LogP contribution in [0, 0.1) is 0 Å². The van der Waals surface area contributed by atoms with Gasteiger partial charge < -0.3 is 0 Å². The maximum absolute atomic E-state index is 12.2. The summed E-state index contributed by atoms with van der Waals surface area (Å²) in [6.07, 6.45) is 6.16. The SMILES string of the molecule is O=C1C=CC=C/C1=C1/C(=O)c2ccccc2N1O. The molecule has 18 heavy (non-hydrogen) atoms. The van der Waals surface area contributed by atoms with Crippen LogP contribution in [-0.4, -0.2) is 16.8 Å². The second-order valence-electron chi connectivity index (χ2n) is 4.00. The van der Waals surface area contributed by atoms with Gasteiger partial charge in [-0.15, -0.1) is 0 Å². The number of carbonyl (C=O) groups is 2. The topological polar surface area (TPSA) is 57.6 Å². The summed E-state index contributed by atoms with van der Waals surface area (Å²) in [5, 5.41) is 10.8. The van der Waals surface area contributed by atoms with Crippen molar-refractivity contribution in [3.05, 3.63) is 65.4 Å². The fourth-order valence-electron chi connectivity index (χ4n) is 2.09. The van der Waals surface area contributed by atoms with Crippen LogP contribution in [0.5, 0.6) is 0 Å². The summed E-state index contributed by atoms with van der Waals surface area (Å²) in [6, 6.07) is 6.70. The summed E-state index contributed by atoms with van der Waals surface area (Å²) in [5.74, 6) is -0.621. The van der Waals surface area contributed by atoms with Crippen molar-refractivity contribution in [3.8, 4) is 0 Å². The molecule has 0 unspecified atom stereocenters. The van der Waals surface area contributed by atoms with E-state index in [2.05, 4.69) is 0 Å². The average Bonchev–Trinajstić information content (AvgIpc) is 2.64. The Kier molecular flexibility index (Phi) is 2.25. The molecule has 1 heterocycles. The van der Waals surface area contributed by atoms with Crippen molar-refractivity contribution >= 4 is 17.3 Å². The molecule has 1 aromatic carbocycles. The number of Topliss-reactive ketones (excluding diaryl/α,β-unsaturated/α-hetero) is 1. The molecule has 0 radical (unpaired) electrons. The minimum atomic E-state index is -0.337. The normalized spacial score (nSPS) is 21.7. The molecule has 0 saturated carbocycles. The Morgan fingerprint density at radius 1 is 1.00 bits per heavy atom. The number of nitrogens with zero attached hydrogens (tertiary/aromatic N) is 1. The first-order valence-electron chi connectivity index (χ1n) is 5.46. The van der Waals surface area contributed by atoms with Crippen molar-refractivity contribution in [2.24, 2.45) is 0 Å². The van der Waals surface area contributed by atoms with E-state index in [1.54, 1.807) is 36.4 Å². The van der Waals surface area contributed by atoms with E-state index >= 15 is 0 Å². The van der Waals surface area contributed by atoms with Crippen LogP contribution in [-0.2, 0) is 4.79 Å². The third-order valence-corrected chi connectivity index (χ3v) is 2.95. The highest BCUT2D eigenvalue weighted by Gasteiger charge is 2.34. The summed E-state index contributed by atoms with van der Waals surface area (Å²) in [4.78, 5) is 23.9. The molecule has 4 nitrogen and oxygen atoms in total. The van der Waals surface area contributed by atoms with E-state index in [4.69, 9.17) is 0 Å². The molecular weight excluding hydrogens is 230 g/mol. The van der Waals surface area contributed by atoms with E-state index < -0.39 is 0 Å². The smallest absolute Gasteiger partial charge is 0.214 e. The van der Waals surface area contributed by atoms with Gasteiger partial charge in [0.25, 0.3) is 0 Å². The summed E-state index contributed by atoms with van der Waals surface area (Å²) >= 11 is 0. The van der Waals surface area contributed by atoms with Crippen LogP contribution in [0.3, 0.4) is 0 Å². The molecular formula is C14H9NO3. The van der Waals surface area contributed by atoms with E-state index in [0.29, 0.717) is 11.3 Å². The Labute approximate surface area is 103 Å². The Morgan fingerprint density at radius 3 is 2.44 bits per heavy atom. The van der Waals surface area contributed by atoms with Gasteiger partial charge in [0, 0.05) is 0 Å². The fraction of sp³-hybridized carbons (Fsp3) is 0. The van der Waals surface area contributed by atoms with Crippen molar-refractivity contribution in [1.82, 2.24) is 0 Å². The molecule has 1 N–H and O–H groups in total. The predicted molar refractivity (Wildman–Crippen MR) is 65.4 cm³/mol. The van der Waals surface area contributed by atoms with E-state index in [1.807, 2.05) is 0 Å². The van der Waals surface area contributed by atoms with Crippen LogP contribution in [0.25, 0.3) is 0 Å². The van der Waals surface area contributed by atoms with Crippen LogP contribution in [0.15, 0.2) is 59.8 Å². The first-order valence-corrected chi connectivity index (χ1v) is 5.46. The zero-order valence-electron chi connectivity index (χ0n) is 9.33. The molecule has 0 atom stereocenters. The van der Waals surface area contributed by atoms with Crippen LogP contribution < -0.4 is 5.06 Å². The number of rotatable bonds is 0. The summed E-state index contributed by atoms with van der Waals surface area (Å²) in [6.45, 7) is 0. The molecule has 0 spiro atoms. The van der Waals surface area contributed by atoms with E-state index in [0.717, 1.165) is 5.06 Å². The van der Waals surface area contributed by atoms with Gasteiger partial charge in [-0.2, -0.15) is 0 Å². The highest BCUT2D eigenvalue weighted by Crippen LogP contribution is 2.35. The second-order valence-corrected chi connectivity index (χ2v) is 4.00. The van der Waals surface area contributed by atoms with Gasteiger partial charge in [0.2, 0.25) is 5.78 Å². The van der Waals surface area contributed by atoms with Crippen molar-refractivity contribution in [3.63, 3.8) is 0 Å². The molecule has 0 aromatic heterocycles. The van der Waals surface area contributed by atoms with E-state index in [-0.39, 0.29) is 22.8 Å². The number of hydrogen-bond donors (Lipinski definition) is 1. The van der Waals surface area contributed by atoms with Crippen LogP contribution >= 0.6 is 0 Å². The summed E-state index contributed by atoms with van der Waals surface area (Å²) in [5.41, 5.74) is 1.03. The van der Waals surface area contributed by atoms with Gasteiger partial charge in [-0.05, 0) is 24.3 Å². The van der Waals surface area contributed by atoms with Crippen LogP contribution in [0.1, 0.15) is 10.4 Å². The Balaban J connectivity index is 2.21. The number of carbonyl (C=O) groups excluding carboxylic acids is 2. The first-order chi connectivity index (χ1) is 8.70. The van der Waals surface area contributed by atoms with E-state index in [1.165, 1.54) is 12.2 Å². The van der Waals surface area contributed by atoms with Crippen molar-refractivity contribution in [2.75, 3.05) is 5.06 Å². The van der Waals surface area contributed by atoms with Gasteiger partial charge in [-0.25, -0.2) is 5.06 Å². The number of benzene rings is 1. The number of hydrogen-bond acceptors (Lipinski definition) is 4. The maximum Gasteiger partial charge on any atom is 0.214 e. The highest BCUT2D eigenvalue weighted by atomic mass is 16.5. The second kappa shape index (κ2) is 3.78. The number of fused-ring (bicyclic) bond motifs is 1. The highest BCUT2D eigenvalue weighted by molar-refractivity contribution is 6.24. The lowest BCUT2D eigenvalue weighted by Crippen LogP contribution is -2.20. The maximum atomic E-state index is 12.2. The Hall–Kier alpha value is -2.46. The van der Waals surface area contributed by atoms with Crippen LogP contribution in [0.2, 0.25) is 0 Å². The van der Waals surface area contributed by atoms with Gasteiger partial charge in [0.05, 0.1) is 16.8 Å². The lowest BCUT2D eigenvalue weighted by molar-refractivity contribution is -0.111. The van der Waals surface area contributed by atoms with E-state index in [9.17, 15) is 14.8 Å². The summed E-state index contributed by atoms with van der Waals surface area (Å²) in [7, 11) is 0. The molecule has 1 aliphatic carbocycles. The monoisotopic (exact) mass is 239 g/mol. The molecule has 0 bridgehead atoms. The quantitative estimate of drug-likeness (QED) is 0.704. The number of hydroxylamine groups is 1. The molecule has 0 fully saturated rings. The molecule has 1 aliphatic heterocycles. The van der Waals surface area contributed by atoms with Crippen LogP contribution in [0.4, 0.5) is 5.69 Å². The molecule has 88 valence electrons. The van der Waals surface area contributed by atoms with Gasteiger partial charge >= 0.3 is 0 Å². The minimum Gasteiger partial charge on any atom is -0.289 e. The molecule has 1 aromatic rings. The Bertz CT molecular complexity index is 653. The molecule has 2 aliphatic rings. The average molecular weight is 239 g/mol. The predicted octanol–water partition coefficient (Wildman–Crippen LogP) is 2.03. The third-order valence-electron chi connectivity index (χ3n) is 2.95. The standard InChI is InChI=1S/C14H9NO3/c16-12-8-4-2-6-10(12)13-14(17)9-5-1-3-7-11(9)15(13)18/h1-8,18H/b13-10+. The largest absolute Gasteiger partial charge is 0.289 e. The third kappa shape index (κ3) is 1.36. The van der Waals surface area contributed by atoms with Gasteiger partial charge in [0.15, 0.2) is 5.78 Å². The van der Waals surface area contributed by atoms with Gasteiger partial charge in [-0.3, -0.25) is 14.8 Å². The number of anilines is 1. The number of allylic oxidation sites excluding steroid dienone is 6. The zero-order chi connectivity index (χ0) is 12.7. The zero-order valence-corrected chi connectivity index (χ0v) is 9.33.